The minimum absolute atomic E-state index is 0.0174. The number of hydrogen-bond acceptors (Lipinski definition) is 5. The van der Waals surface area contributed by atoms with Gasteiger partial charge in [-0.2, -0.15) is 0 Å². The minimum Gasteiger partial charge on any atom is -0.478 e. The van der Waals surface area contributed by atoms with Crippen LogP contribution in [-0.4, -0.2) is 43.3 Å². The van der Waals surface area contributed by atoms with Crippen molar-refractivity contribution in [1.82, 2.24) is 10.0 Å². The van der Waals surface area contributed by atoms with Crippen molar-refractivity contribution in [2.75, 3.05) is 6.54 Å². The van der Waals surface area contributed by atoms with Gasteiger partial charge in [0.15, 0.2) is 0 Å². The number of aliphatic hydroxyl groups is 1. The number of rotatable bonds is 12. The molecule has 0 saturated heterocycles. The molecule has 0 aromatic heterocycles. The van der Waals surface area contributed by atoms with Crippen LogP contribution in [0.4, 0.5) is 8.78 Å². The van der Waals surface area contributed by atoms with E-state index in [1.165, 1.54) is 18.2 Å². The number of carbonyl (C=O) groups is 1. The molecule has 0 fully saturated rings. The average molecular weight is 519 g/mol. The Morgan fingerprint density at radius 1 is 0.944 bits per heavy atom. The van der Waals surface area contributed by atoms with E-state index in [0.717, 1.165) is 35.7 Å². The molecule has 0 bridgehead atoms. The number of aromatic carboxylic acids is 1. The van der Waals surface area contributed by atoms with Crippen LogP contribution in [0.3, 0.4) is 0 Å². The van der Waals surface area contributed by atoms with Gasteiger partial charge in [0.25, 0.3) is 0 Å². The summed E-state index contributed by atoms with van der Waals surface area (Å²) in [5.41, 5.74) is 2.06. The minimum atomic E-state index is -4.28. The van der Waals surface area contributed by atoms with Crippen molar-refractivity contribution in [2.45, 2.75) is 43.4 Å². The molecule has 0 aliphatic rings. The van der Waals surface area contributed by atoms with Gasteiger partial charge in [-0.05, 0) is 59.9 Å². The highest BCUT2D eigenvalue weighted by Crippen LogP contribution is 2.16. The van der Waals surface area contributed by atoms with E-state index in [1.807, 2.05) is 31.2 Å². The normalized spacial score (nSPS) is 13.3. The number of sulfonamides is 1. The van der Waals surface area contributed by atoms with E-state index in [4.69, 9.17) is 0 Å². The fraction of sp³-hybridized carbons (Fsp3) is 0.269. The number of halogens is 2. The molecule has 10 heteroatoms. The van der Waals surface area contributed by atoms with E-state index in [0.29, 0.717) is 12.6 Å². The second-order valence-corrected chi connectivity index (χ2v) is 10.1. The average Bonchev–Trinajstić information content (AvgIpc) is 2.83. The molecule has 0 amide bonds. The maximum absolute atomic E-state index is 13.7. The zero-order valence-corrected chi connectivity index (χ0v) is 20.4. The Hall–Kier alpha value is -3.18. The van der Waals surface area contributed by atoms with Gasteiger partial charge < -0.3 is 15.5 Å². The van der Waals surface area contributed by atoms with E-state index in [9.17, 15) is 32.2 Å². The Morgan fingerprint density at radius 3 is 2.28 bits per heavy atom. The number of aliphatic hydroxyl groups excluding tert-OH is 1. The first kappa shape index (κ1) is 27.4. The highest BCUT2D eigenvalue weighted by molar-refractivity contribution is 7.89. The van der Waals surface area contributed by atoms with Gasteiger partial charge in [-0.25, -0.2) is 26.7 Å². The quantitative estimate of drug-likeness (QED) is 0.293. The molecule has 0 spiro atoms. The predicted octanol–water partition coefficient (Wildman–Crippen LogP) is 3.27. The highest BCUT2D eigenvalue weighted by Gasteiger charge is 2.27. The lowest BCUT2D eigenvalue weighted by Crippen LogP contribution is -2.48. The van der Waals surface area contributed by atoms with Crippen molar-refractivity contribution in [3.05, 3.63) is 101 Å². The van der Waals surface area contributed by atoms with Crippen LogP contribution < -0.4 is 10.0 Å². The van der Waals surface area contributed by atoms with Crippen molar-refractivity contribution in [2.24, 2.45) is 0 Å². The van der Waals surface area contributed by atoms with Crippen LogP contribution in [0, 0.1) is 11.6 Å². The molecule has 0 saturated carbocycles. The van der Waals surface area contributed by atoms with Crippen molar-refractivity contribution in [3.8, 4) is 0 Å². The van der Waals surface area contributed by atoms with E-state index in [2.05, 4.69) is 10.0 Å². The fourth-order valence-electron chi connectivity index (χ4n) is 3.77. The number of hydrogen-bond donors (Lipinski definition) is 4. The summed E-state index contributed by atoms with van der Waals surface area (Å²) >= 11 is 0. The predicted molar refractivity (Wildman–Crippen MR) is 131 cm³/mol. The summed E-state index contributed by atoms with van der Waals surface area (Å²) in [6.07, 6.45) is -0.614. The summed E-state index contributed by atoms with van der Waals surface area (Å²) in [6.45, 7) is 2.44. The first-order chi connectivity index (χ1) is 17.1. The van der Waals surface area contributed by atoms with Gasteiger partial charge in [0.2, 0.25) is 10.0 Å². The highest BCUT2D eigenvalue weighted by atomic mass is 32.2. The van der Waals surface area contributed by atoms with Crippen LogP contribution in [0.2, 0.25) is 0 Å². The molecule has 7 nitrogen and oxygen atoms in total. The van der Waals surface area contributed by atoms with Crippen molar-refractivity contribution < 1.29 is 32.2 Å². The summed E-state index contributed by atoms with van der Waals surface area (Å²) in [5, 5.41) is 23.1. The number of carboxylic acids is 1. The Labute approximate surface area is 208 Å². The molecule has 3 aromatic rings. The van der Waals surface area contributed by atoms with Crippen LogP contribution >= 0.6 is 0 Å². The molecule has 3 aromatic carbocycles. The molecule has 0 heterocycles. The molecule has 36 heavy (non-hydrogen) atoms. The lowest BCUT2D eigenvalue weighted by Gasteiger charge is -2.25. The zero-order chi connectivity index (χ0) is 26.3. The maximum Gasteiger partial charge on any atom is 0.335 e. The summed E-state index contributed by atoms with van der Waals surface area (Å²) in [7, 11) is -4.28. The summed E-state index contributed by atoms with van der Waals surface area (Å²) in [5.74, 6) is -2.96. The second kappa shape index (κ2) is 12.2. The van der Waals surface area contributed by atoms with Crippen LogP contribution in [0.15, 0.2) is 71.6 Å². The fourth-order valence-corrected chi connectivity index (χ4v) is 5.08. The SMILES string of the molecule is CCc1cccc(CNC[C@@H](O)[C@H](Cc2cc(F)cc(F)c2)NS(=O)(=O)c2cccc(C(=O)O)c2)c1. The number of nitrogens with one attached hydrogen (secondary N) is 2. The van der Waals surface area contributed by atoms with Crippen LogP contribution in [0.1, 0.15) is 34.0 Å². The molecule has 0 unspecified atom stereocenters. The van der Waals surface area contributed by atoms with Gasteiger partial charge in [0.05, 0.1) is 22.6 Å². The first-order valence-corrected chi connectivity index (χ1v) is 12.8. The standard InChI is InChI=1S/C26H28F2N2O5S/c1-2-17-5-3-6-18(9-17)15-29-16-25(31)24(12-19-10-21(27)14-22(28)11-19)30-36(34,35)23-8-4-7-20(13-23)26(32)33/h3-11,13-14,24-25,29-31H,2,12,15-16H2,1H3,(H,32,33)/t24-,25+/m0/s1. The lowest BCUT2D eigenvalue weighted by molar-refractivity contribution is 0.0696. The molecule has 2 atom stereocenters. The monoisotopic (exact) mass is 518 g/mol. The Balaban J connectivity index is 1.80. The van der Waals surface area contributed by atoms with Gasteiger partial charge in [0, 0.05) is 19.2 Å². The third-order valence-electron chi connectivity index (χ3n) is 5.62. The summed E-state index contributed by atoms with van der Waals surface area (Å²) in [6, 6.07) is 14.3. The van der Waals surface area contributed by atoms with Gasteiger partial charge in [-0.1, -0.05) is 37.3 Å². The van der Waals surface area contributed by atoms with Crippen molar-refractivity contribution in [3.63, 3.8) is 0 Å². The van der Waals surface area contributed by atoms with Crippen LogP contribution in [0.25, 0.3) is 0 Å². The smallest absolute Gasteiger partial charge is 0.335 e. The number of benzene rings is 3. The Bertz CT molecular complexity index is 1300. The molecule has 4 N–H and O–H groups in total. The third kappa shape index (κ3) is 7.66. The van der Waals surface area contributed by atoms with Crippen molar-refractivity contribution in [1.29, 1.82) is 0 Å². The van der Waals surface area contributed by atoms with Crippen molar-refractivity contribution >= 4 is 16.0 Å². The van der Waals surface area contributed by atoms with Gasteiger partial charge in [-0.15, -0.1) is 0 Å². The van der Waals surface area contributed by atoms with E-state index in [-0.39, 0.29) is 29.0 Å². The van der Waals surface area contributed by atoms with Gasteiger partial charge in [0.1, 0.15) is 11.6 Å². The van der Waals surface area contributed by atoms with E-state index < -0.39 is 39.8 Å². The molecule has 0 aliphatic heterocycles. The Kier molecular flexibility index (Phi) is 9.27. The maximum atomic E-state index is 13.7. The molecular weight excluding hydrogens is 490 g/mol. The van der Waals surface area contributed by atoms with E-state index in [1.54, 1.807) is 0 Å². The number of aryl methyl sites for hydroxylation is 1. The number of carboxylic acid groups (broad SMARTS) is 1. The molecular formula is C26H28F2N2O5S. The van der Waals surface area contributed by atoms with E-state index >= 15 is 0 Å². The molecule has 0 aliphatic carbocycles. The zero-order valence-electron chi connectivity index (χ0n) is 19.6. The largest absolute Gasteiger partial charge is 0.478 e. The molecule has 3 rings (SSSR count). The van der Waals surface area contributed by atoms with Gasteiger partial charge >= 0.3 is 5.97 Å². The summed E-state index contributed by atoms with van der Waals surface area (Å²) in [4.78, 5) is 10.9. The first-order valence-electron chi connectivity index (χ1n) is 11.3. The Morgan fingerprint density at radius 2 is 1.61 bits per heavy atom. The van der Waals surface area contributed by atoms with Crippen LogP contribution in [0.5, 0.6) is 0 Å². The van der Waals surface area contributed by atoms with Crippen LogP contribution in [-0.2, 0) is 29.4 Å². The third-order valence-corrected chi connectivity index (χ3v) is 7.11. The topological polar surface area (TPSA) is 116 Å². The molecule has 192 valence electrons. The molecule has 0 radical (unpaired) electrons. The van der Waals surface area contributed by atoms with Gasteiger partial charge in [-0.3, -0.25) is 0 Å². The second-order valence-electron chi connectivity index (χ2n) is 8.41. The summed E-state index contributed by atoms with van der Waals surface area (Å²) < 4.78 is 55.9. The lowest BCUT2D eigenvalue weighted by atomic mass is 10.0.